The molecule has 0 aromatic carbocycles. The van der Waals surface area contributed by atoms with E-state index in [4.69, 9.17) is 14.2 Å². The Morgan fingerprint density at radius 2 is 0.474 bits per heavy atom. The van der Waals surface area contributed by atoms with Gasteiger partial charge in [0.05, 0.1) is 0 Å². The van der Waals surface area contributed by atoms with E-state index in [1.807, 2.05) is 0 Å². The fraction of sp³-hybridized carbons (Fsp3) is 0.843. The second-order valence-electron chi connectivity index (χ2n) is 22.7. The number of rotatable bonds is 62. The van der Waals surface area contributed by atoms with E-state index in [1.54, 1.807) is 0 Å². The van der Waals surface area contributed by atoms with Crippen molar-refractivity contribution < 1.29 is 28.6 Å². The van der Waals surface area contributed by atoms with Crippen LogP contribution in [0.3, 0.4) is 0 Å². The van der Waals surface area contributed by atoms with Crippen molar-refractivity contribution in [3.63, 3.8) is 0 Å². The summed E-state index contributed by atoms with van der Waals surface area (Å²) in [5, 5.41) is 0. The molecule has 6 nitrogen and oxygen atoms in total. The summed E-state index contributed by atoms with van der Waals surface area (Å²) < 4.78 is 16.9. The predicted molar refractivity (Wildman–Crippen MR) is 330 cm³/mol. The quantitative estimate of drug-likeness (QED) is 0.0261. The van der Waals surface area contributed by atoms with Crippen LogP contribution in [0.4, 0.5) is 0 Å². The normalized spacial score (nSPS) is 12.3. The number of hydrogen-bond donors (Lipinski definition) is 0. The van der Waals surface area contributed by atoms with Gasteiger partial charge in [-0.1, -0.05) is 307 Å². The van der Waals surface area contributed by atoms with Gasteiger partial charge in [-0.25, -0.2) is 0 Å². The Bertz CT molecular complexity index is 1310. The minimum Gasteiger partial charge on any atom is -0.462 e. The molecule has 0 aliphatic carbocycles. The van der Waals surface area contributed by atoms with Crippen molar-refractivity contribution in [1.82, 2.24) is 0 Å². The number of carbonyl (C=O) groups is 3. The van der Waals surface area contributed by atoms with Gasteiger partial charge in [-0.05, 0) is 83.5 Å². The van der Waals surface area contributed by atoms with Crippen molar-refractivity contribution in [2.45, 2.75) is 367 Å². The topological polar surface area (TPSA) is 78.9 Å². The Hall–Kier alpha value is -2.63. The highest BCUT2D eigenvalue weighted by molar-refractivity contribution is 5.71. The van der Waals surface area contributed by atoms with Crippen LogP contribution >= 0.6 is 0 Å². The molecule has 0 aromatic heterocycles. The van der Waals surface area contributed by atoms with Gasteiger partial charge in [0.2, 0.25) is 0 Å². The van der Waals surface area contributed by atoms with Crippen LogP contribution in [0.2, 0.25) is 0 Å². The summed E-state index contributed by atoms with van der Waals surface area (Å²) in [6.07, 6.45) is 81.3. The largest absolute Gasteiger partial charge is 0.462 e. The van der Waals surface area contributed by atoms with Crippen LogP contribution in [-0.2, 0) is 28.6 Å². The van der Waals surface area contributed by atoms with Crippen molar-refractivity contribution in [3.05, 3.63) is 48.6 Å². The second kappa shape index (κ2) is 64.9. The number of allylic oxidation sites excluding steroid dienone is 8. The molecular weight excluding hydrogens is 937 g/mol. The van der Waals surface area contributed by atoms with Crippen LogP contribution in [0, 0.1) is 0 Å². The molecule has 0 fully saturated rings. The molecular formula is C70H128O6. The lowest BCUT2D eigenvalue weighted by molar-refractivity contribution is -0.167. The first kappa shape index (κ1) is 73.4. The van der Waals surface area contributed by atoms with Crippen molar-refractivity contribution in [1.29, 1.82) is 0 Å². The molecule has 0 amide bonds. The Labute approximate surface area is 473 Å². The van der Waals surface area contributed by atoms with E-state index in [2.05, 4.69) is 69.4 Å². The second-order valence-corrected chi connectivity index (χ2v) is 22.7. The summed E-state index contributed by atoms with van der Waals surface area (Å²) in [6.45, 7) is 6.65. The molecule has 0 radical (unpaired) electrons. The van der Waals surface area contributed by atoms with E-state index < -0.39 is 6.10 Å². The molecule has 0 aliphatic rings. The summed E-state index contributed by atoms with van der Waals surface area (Å²) in [7, 11) is 0. The van der Waals surface area contributed by atoms with Gasteiger partial charge in [0.25, 0.3) is 0 Å². The van der Waals surface area contributed by atoms with Crippen molar-refractivity contribution in [2.24, 2.45) is 0 Å². The molecule has 1 atom stereocenters. The van der Waals surface area contributed by atoms with Gasteiger partial charge in [-0.15, -0.1) is 0 Å². The molecule has 76 heavy (non-hydrogen) atoms. The van der Waals surface area contributed by atoms with Gasteiger partial charge < -0.3 is 14.2 Å². The molecule has 0 aliphatic heterocycles. The Morgan fingerprint density at radius 3 is 0.737 bits per heavy atom. The lowest BCUT2D eigenvalue weighted by Gasteiger charge is -2.18. The fourth-order valence-electron chi connectivity index (χ4n) is 9.98. The molecule has 0 N–H and O–H groups in total. The third-order valence-corrected chi connectivity index (χ3v) is 15.1. The maximum Gasteiger partial charge on any atom is 0.306 e. The zero-order valence-corrected chi connectivity index (χ0v) is 51.0. The van der Waals surface area contributed by atoms with Crippen LogP contribution < -0.4 is 0 Å². The summed E-state index contributed by atoms with van der Waals surface area (Å²) >= 11 is 0. The first-order chi connectivity index (χ1) is 37.5. The summed E-state index contributed by atoms with van der Waals surface area (Å²) in [5.41, 5.74) is 0. The molecule has 0 saturated heterocycles. The van der Waals surface area contributed by atoms with Crippen molar-refractivity contribution >= 4 is 17.9 Å². The number of hydrogen-bond acceptors (Lipinski definition) is 6. The van der Waals surface area contributed by atoms with Crippen LogP contribution in [-0.4, -0.2) is 37.2 Å². The third-order valence-electron chi connectivity index (χ3n) is 15.1. The van der Waals surface area contributed by atoms with Crippen molar-refractivity contribution in [2.75, 3.05) is 13.2 Å². The van der Waals surface area contributed by atoms with Crippen LogP contribution in [0.1, 0.15) is 361 Å². The lowest BCUT2D eigenvalue weighted by atomic mass is 10.0. The van der Waals surface area contributed by atoms with Crippen molar-refractivity contribution in [3.8, 4) is 0 Å². The highest BCUT2D eigenvalue weighted by Crippen LogP contribution is 2.17. The summed E-state index contributed by atoms with van der Waals surface area (Å²) in [5.74, 6) is -0.858. The maximum absolute atomic E-state index is 12.9. The molecule has 0 aromatic rings. The Morgan fingerprint density at radius 1 is 0.263 bits per heavy atom. The number of esters is 3. The van der Waals surface area contributed by atoms with E-state index in [-0.39, 0.29) is 31.1 Å². The SMILES string of the molecule is CCCCCC/C=C\C/C=C\CCCCCCCCCC(=O)OC(COC(=O)CCCCCCCCCCCCC)COC(=O)CCCCCCCCCCCCCCCCCCC/C=C\C/C=C\CCCCCCC. The molecule has 0 saturated carbocycles. The van der Waals surface area contributed by atoms with E-state index in [1.165, 1.54) is 244 Å². The first-order valence-electron chi connectivity index (χ1n) is 33.6. The maximum atomic E-state index is 12.9. The molecule has 6 heteroatoms. The van der Waals surface area contributed by atoms with Crippen LogP contribution in [0.5, 0.6) is 0 Å². The van der Waals surface area contributed by atoms with Gasteiger partial charge in [0, 0.05) is 19.3 Å². The monoisotopic (exact) mass is 1060 g/mol. The predicted octanol–water partition coefficient (Wildman–Crippen LogP) is 22.9. The number of ether oxygens (including phenoxy) is 3. The zero-order chi connectivity index (χ0) is 55.0. The standard InChI is InChI=1S/C70H128O6/c1-4-7-10-13-16-19-22-24-26-28-30-31-32-33-34-35-36-37-38-39-40-42-43-45-48-51-54-57-60-63-69(72)75-66-67(65-74-68(71)62-59-56-53-50-47-21-18-15-12-9-6-3)76-70(73)64-61-58-55-52-49-46-44-41-29-27-25-23-20-17-14-11-8-5-2/h20,22-24,27-30,67H,4-19,21,25-26,31-66H2,1-3H3/b23-20-,24-22-,29-27-,30-28-. The average Bonchev–Trinajstić information content (AvgIpc) is 3.42. The molecule has 0 rings (SSSR count). The van der Waals surface area contributed by atoms with Gasteiger partial charge in [-0.3, -0.25) is 14.4 Å². The minimum absolute atomic E-state index is 0.0717. The Balaban J connectivity index is 4.16. The minimum atomic E-state index is -0.774. The zero-order valence-electron chi connectivity index (χ0n) is 51.0. The average molecular weight is 1070 g/mol. The Kier molecular flexibility index (Phi) is 62.6. The number of carbonyl (C=O) groups excluding carboxylic acids is 3. The van der Waals surface area contributed by atoms with E-state index >= 15 is 0 Å². The van der Waals surface area contributed by atoms with E-state index in [0.29, 0.717) is 19.3 Å². The molecule has 0 bridgehead atoms. The first-order valence-corrected chi connectivity index (χ1v) is 33.6. The summed E-state index contributed by atoms with van der Waals surface area (Å²) in [4.78, 5) is 38.3. The molecule has 444 valence electrons. The fourth-order valence-corrected chi connectivity index (χ4v) is 9.98. The molecule has 0 spiro atoms. The van der Waals surface area contributed by atoms with E-state index in [0.717, 1.165) is 77.0 Å². The summed E-state index contributed by atoms with van der Waals surface area (Å²) in [6, 6.07) is 0. The lowest BCUT2D eigenvalue weighted by Crippen LogP contribution is -2.30. The van der Waals surface area contributed by atoms with E-state index in [9.17, 15) is 14.4 Å². The van der Waals surface area contributed by atoms with Gasteiger partial charge in [0.15, 0.2) is 6.10 Å². The number of unbranched alkanes of at least 4 members (excludes halogenated alkanes) is 43. The smallest absolute Gasteiger partial charge is 0.306 e. The third kappa shape index (κ3) is 62.2. The van der Waals surface area contributed by atoms with Gasteiger partial charge in [-0.2, -0.15) is 0 Å². The van der Waals surface area contributed by atoms with Gasteiger partial charge in [0.1, 0.15) is 13.2 Å². The van der Waals surface area contributed by atoms with Gasteiger partial charge >= 0.3 is 17.9 Å². The highest BCUT2D eigenvalue weighted by atomic mass is 16.6. The highest BCUT2D eigenvalue weighted by Gasteiger charge is 2.19. The molecule has 1 unspecified atom stereocenters. The van der Waals surface area contributed by atoms with Crippen LogP contribution in [0.15, 0.2) is 48.6 Å². The molecule has 0 heterocycles. The van der Waals surface area contributed by atoms with Crippen LogP contribution in [0.25, 0.3) is 0 Å².